The largest absolute Gasteiger partial charge is 0.356 e. The van der Waals surface area contributed by atoms with Gasteiger partial charge in [-0.2, -0.15) is 0 Å². The third-order valence-corrected chi connectivity index (χ3v) is 5.28. The Morgan fingerprint density at radius 2 is 1.96 bits per heavy atom. The van der Waals surface area contributed by atoms with Gasteiger partial charge in [0.2, 0.25) is 0 Å². The highest BCUT2D eigenvalue weighted by atomic mass is 127. The van der Waals surface area contributed by atoms with Crippen molar-refractivity contribution in [3.05, 3.63) is 35.4 Å². The summed E-state index contributed by atoms with van der Waals surface area (Å²) in [6, 6.07) is 9.15. The maximum absolute atomic E-state index is 11.7. The molecule has 27 heavy (non-hydrogen) atoms. The molecule has 1 aliphatic carbocycles. The molecule has 0 atom stereocenters. The quantitative estimate of drug-likeness (QED) is 0.328. The first-order chi connectivity index (χ1) is 12.7. The molecule has 0 unspecified atom stereocenters. The van der Waals surface area contributed by atoms with Gasteiger partial charge in [0, 0.05) is 51.4 Å². The van der Waals surface area contributed by atoms with Crippen LogP contribution in [0.25, 0.3) is 0 Å². The topological polar surface area (TPSA) is 68.8 Å². The number of carbonyl (C=O) groups excluding carboxylic acids is 1. The average molecular weight is 485 g/mol. The van der Waals surface area contributed by atoms with Crippen molar-refractivity contribution in [1.82, 2.24) is 20.9 Å². The fourth-order valence-electron chi connectivity index (χ4n) is 3.57. The molecule has 2 fully saturated rings. The second-order valence-corrected chi connectivity index (χ2v) is 7.21. The first-order valence-corrected chi connectivity index (χ1v) is 9.72. The predicted molar refractivity (Wildman–Crippen MR) is 121 cm³/mol. The van der Waals surface area contributed by atoms with Crippen LogP contribution in [0, 0.1) is 0 Å². The van der Waals surface area contributed by atoms with Gasteiger partial charge in [0.05, 0.1) is 0 Å². The Hall–Kier alpha value is -1.35. The van der Waals surface area contributed by atoms with E-state index < -0.39 is 0 Å². The molecule has 0 radical (unpaired) electrons. The molecule has 3 rings (SSSR count). The Balaban J connectivity index is 0.00000261. The van der Waals surface area contributed by atoms with E-state index in [1.807, 2.05) is 25.2 Å². The van der Waals surface area contributed by atoms with Gasteiger partial charge in [-0.3, -0.25) is 9.79 Å². The number of likely N-dealkylation sites (tertiary alicyclic amines) is 1. The second-order valence-electron chi connectivity index (χ2n) is 7.21. The molecule has 1 saturated heterocycles. The predicted octanol–water partition coefficient (Wildman–Crippen LogP) is 2.00. The van der Waals surface area contributed by atoms with Gasteiger partial charge in [-0.1, -0.05) is 12.1 Å². The van der Waals surface area contributed by atoms with E-state index in [-0.39, 0.29) is 29.9 Å². The number of nitrogens with zero attached hydrogens (tertiary/aromatic N) is 2. The summed E-state index contributed by atoms with van der Waals surface area (Å²) in [7, 11) is 3.47. The lowest BCUT2D eigenvalue weighted by Gasteiger charge is -2.33. The van der Waals surface area contributed by atoms with Crippen LogP contribution in [0.3, 0.4) is 0 Å². The summed E-state index contributed by atoms with van der Waals surface area (Å²) in [5.41, 5.74) is 1.85. The molecule has 1 heterocycles. The molecule has 0 aromatic heterocycles. The summed E-state index contributed by atoms with van der Waals surface area (Å²) in [4.78, 5) is 18.7. The summed E-state index contributed by atoms with van der Waals surface area (Å²) in [6.07, 6.45) is 6.01. The van der Waals surface area contributed by atoms with E-state index >= 15 is 0 Å². The van der Waals surface area contributed by atoms with E-state index in [2.05, 4.69) is 31.9 Å². The molecule has 1 saturated carbocycles. The molecule has 150 valence electrons. The Morgan fingerprint density at radius 3 is 2.59 bits per heavy atom. The maximum atomic E-state index is 11.7. The minimum atomic E-state index is -0.0465. The van der Waals surface area contributed by atoms with E-state index in [9.17, 15) is 4.79 Å². The zero-order valence-electron chi connectivity index (χ0n) is 16.3. The van der Waals surface area contributed by atoms with Crippen LogP contribution in [-0.4, -0.2) is 62.6 Å². The van der Waals surface area contributed by atoms with Gasteiger partial charge >= 0.3 is 0 Å². The highest BCUT2D eigenvalue weighted by Crippen LogP contribution is 2.29. The fourth-order valence-corrected chi connectivity index (χ4v) is 3.57. The van der Waals surface area contributed by atoms with Crippen molar-refractivity contribution in [1.29, 1.82) is 0 Å². The number of carbonyl (C=O) groups is 1. The van der Waals surface area contributed by atoms with Gasteiger partial charge in [0.25, 0.3) is 5.91 Å². The van der Waals surface area contributed by atoms with Crippen molar-refractivity contribution in [2.45, 2.75) is 44.2 Å². The zero-order chi connectivity index (χ0) is 18.4. The third kappa shape index (κ3) is 6.64. The van der Waals surface area contributed by atoms with Crippen molar-refractivity contribution < 1.29 is 4.79 Å². The third-order valence-electron chi connectivity index (χ3n) is 5.28. The molecule has 0 spiro atoms. The van der Waals surface area contributed by atoms with Crippen molar-refractivity contribution in [3.8, 4) is 0 Å². The van der Waals surface area contributed by atoms with E-state index in [4.69, 9.17) is 0 Å². The molecule has 6 nitrogen and oxygen atoms in total. The van der Waals surface area contributed by atoms with E-state index in [0.717, 1.165) is 30.5 Å². The molecule has 1 aromatic rings. The number of hydrogen-bond acceptors (Lipinski definition) is 3. The lowest BCUT2D eigenvalue weighted by molar-refractivity contribution is 0.0963. The van der Waals surface area contributed by atoms with E-state index in [1.54, 1.807) is 7.05 Å². The van der Waals surface area contributed by atoms with Crippen LogP contribution >= 0.6 is 24.0 Å². The molecule has 1 amide bonds. The SMILES string of the molecule is CN=C(NCCc1cccc(C(=O)NC)c1)NC1CCN(C2CC2)CC1.I. The Kier molecular flexibility index (Phi) is 8.82. The van der Waals surface area contributed by atoms with Gasteiger partial charge in [-0.15, -0.1) is 24.0 Å². The number of rotatable bonds is 6. The van der Waals surface area contributed by atoms with Crippen molar-refractivity contribution in [2.24, 2.45) is 4.99 Å². The van der Waals surface area contributed by atoms with Gasteiger partial charge in [-0.25, -0.2) is 0 Å². The number of benzene rings is 1. The van der Waals surface area contributed by atoms with Gasteiger partial charge in [0.1, 0.15) is 0 Å². The number of amides is 1. The van der Waals surface area contributed by atoms with Crippen LogP contribution in [0.5, 0.6) is 0 Å². The Morgan fingerprint density at radius 1 is 1.22 bits per heavy atom. The number of aliphatic imine (C=N–C) groups is 1. The first kappa shape index (κ1) is 21.9. The smallest absolute Gasteiger partial charge is 0.251 e. The van der Waals surface area contributed by atoms with Crippen LogP contribution in [0.15, 0.2) is 29.3 Å². The average Bonchev–Trinajstić information content (AvgIpc) is 3.52. The van der Waals surface area contributed by atoms with Gasteiger partial charge in [-0.05, 0) is 49.8 Å². The Labute approximate surface area is 179 Å². The molecule has 1 aliphatic heterocycles. The summed E-state index contributed by atoms with van der Waals surface area (Å²) in [5.74, 6) is 0.826. The zero-order valence-corrected chi connectivity index (χ0v) is 18.7. The highest BCUT2D eigenvalue weighted by molar-refractivity contribution is 14.0. The molecular formula is C20H32IN5O. The molecule has 3 N–H and O–H groups in total. The molecule has 2 aliphatic rings. The summed E-state index contributed by atoms with van der Waals surface area (Å²) >= 11 is 0. The fraction of sp³-hybridized carbons (Fsp3) is 0.600. The maximum Gasteiger partial charge on any atom is 0.251 e. The lowest BCUT2D eigenvalue weighted by atomic mass is 10.1. The highest BCUT2D eigenvalue weighted by Gasteiger charge is 2.31. The van der Waals surface area contributed by atoms with Crippen molar-refractivity contribution >= 4 is 35.8 Å². The van der Waals surface area contributed by atoms with Crippen LogP contribution in [-0.2, 0) is 6.42 Å². The van der Waals surface area contributed by atoms with Crippen LogP contribution in [0.4, 0.5) is 0 Å². The summed E-state index contributed by atoms with van der Waals surface area (Å²) in [5, 5.41) is 9.62. The van der Waals surface area contributed by atoms with Crippen molar-refractivity contribution in [3.63, 3.8) is 0 Å². The van der Waals surface area contributed by atoms with Crippen molar-refractivity contribution in [2.75, 3.05) is 33.7 Å². The minimum Gasteiger partial charge on any atom is -0.356 e. The molecule has 7 heteroatoms. The summed E-state index contributed by atoms with van der Waals surface area (Å²) in [6.45, 7) is 3.19. The Bertz CT molecular complexity index is 639. The number of piperidine rings is 1. The number of nitrogens with one attached hydrogen (secondary N) is 3. The number of guanidine groups is 1. The standard InChI is InChI=1S/C20H31N5O.HI/c1-21-19(26)16-5-3-4-15(14-16)8-11-23-20(22-2)24-17-9-12-25(13-10-17)18-6-7-18;/h3-5,14,17-18H,6-13H2,1-2H3,(H,21,26)(H2,22,23,24);1H. The first-order valence-electron chi connectivity index (χ1n) is 9.72. The monoisotopic (exact) mass is 485 g/mol. The van der Waals surface area contributed by atoms with Crippen LogP contribution in [0.2, 0.25) is 0 Å². The molecule has 0 bridgehead atoms. The number of hydrogen-bond donors (Lipinski definition) is 3. The lowest BCUT2D eigenvalue weighted by Crippen LogP contribution is -2.49. The van der Waals surface area contributed by atoms with Crippen LogP contribution in [0.1, 0.15) is 41.6 Å². The molecule has 1 aromatic carbocycles. The second kappa shape index (κ2) is 10.8. The summed E-state index contributed by atoms with van der Waals surface area (Å²) < 4.78 is 0. The normalized spacial score (nSPS) is 18.5. The number of halogens is 1. The van der Waals surface area contributed by atoms with Gasteiger partial charge < -0.3 is 20.9 Å². The van der Waals surface area contributed by atoms with Crippen LogP contribution < -0.4 is 16.0 Å². The van der Waals surface area contributed by atoms with E-state index in [0.29, 0.717) is 11.6 Å². The molecular weight excluding hydrogens is 453 g/mol. The van der Waals surface area contributed by atoms with E-state index in [1.165, 1.54) is 38.8 Å². The van der Waals surface area contributed by atoms with Gasteiger partial charge in [0.15, 0.2) is 5.96 Å². The minimum absolute atomic E-state index is 0.